The van der Waals surface area contributed by atoms with Gasteiger partial charge in [-0.1, -0.05) is 0 Å². The van der Waals surface area contributed by atoms with E-state index in [0.717, 1.165) is 4.90 Å². The predicted octanol–water partition coefficient (Wildman–Crippen LogP) is 1.44. The molecule has 0 aliphatic carbocycles. The third-order valence-corrected chi connectivity index (χ3v) is 3.67. The number of carbonyl (C=O) groups excluding carboxylic acids is 2. The lowest BCUT2D eigenvalue weighted by atomic mass is 10.1. The molecule has 0 saturated carbocycles. The average molecular weight is 284 g/mol. The van der Waals surface area contributed by atoms with Crippen LogP contribution in [0.5, 0.6) is 0 Å². The molecule has 1 aromatic carbocycles. The summed E-state index contributed by atoms with van der Waals surface area (Å²) < 4.78 is 40.4. The molecule has 106 valence electrons. The van der Waals surface area contributed by atoms with Crippen LogP contribution < -0.4 is 4.90 Å². The van der Waals surface area contributed by atoms with Gasteiger partial charge in [0.1, 0.15) is 24.1 Å². The number of benzene rings is 1. The summed E-state index contributed by atoms with van der Waals surface area (Å²) in [5.74, 6) is -4.31. The second-order valence-corrected chi connectivity index (χ2v) is 4.89. The number of nitrogens with zero attached hydrogens (tertiary/aromatic N) is 2. The number of hydrogen-bond acceptors (Lipinski definition) is 2. The van der Waals surface area contributed by atoms with Crippen molar-refractivity contribution in [2.24, 2.45) is 0 Å². The van der Waals surface area contributed by atoms with E-state index in [4.69, 9.17) is 0 Å². The quantitative estimate of drug-likeness (QED) is 0.783. The largest absolute Gasteiger partial charge is 0.329 e. The second kappa shape index (κ2) is 4.50. The molecule has 2 amide bonds. The maximum absolute atomic E-state index is 13.7. The molecular weight excluding hydrogens is 273 g/mol. The van der Waals surface area contributed by atoms with Crippen LogP contribution >= 0.6 is 0 Å². The first kappa shape index (κ1) is 13.0. The topological polar surface area (TPSA) is 40.6 Å². The van der Waals surface area contributed by atoms with E-state index in [1.54, 1.807) is 0 Å². The first-order valence-corrected chi connectivity index (χ1v) is 6.24. The van der Waals surface area contributed by atoms with E-state index >= 15 is 0 Å². The molecule has 2 saturated heterocycles. The number of carbonyl (C=O) groups is 2. The molecule has 1 aromatic rings. The highest BCUT2D eigenvalue weighted by atomic mass is 19.1. The molecule has 2 fully saturated rings. The standard InChI is InChI=1S/C13H11F3N2O2/c14-7-4-8(15)12(9(16)5-7)18-6-11(19)17-3-1-2-10(17)13(18)20/h4-5,10H,1-3,6H2. The van der Waals surface area contributed by atoms with Crippen molar-refractivity contribution >= 4 is 17.5 Å². The van der Waals surface area contributed by atoms with Crippen LogP contribution in [0.4, 0.5) is 18.9 Å². The van der Waals surface area contributed by atoms with Crippen molar-refractivity contribution < 1.29 is 22.8 Å². The fourth-order valence-corrected chi connectivity index (χ4v) is 2.79. The molecule has 1 atom stereocenters. The van der Waals surface area contributed by atoms with Crippen LogP contribution in [0, 0.1) is 17.5 Å². The van der Waals surface area contributed by atoms with Crippen molar-refractivity contribution in [1.29, 1.82) is 0 Å². The molecule has 7 heteroatoms. The number of amides is 2. The Balaban J connectivity index is 2.02. The smallest absolute Gasteiger partial charge is 0.250 e. The summed E-state index contributed by atoms with van der Waals surface area (Å²) in [6.07, 6.45) is 1.16. The number of rotatable bonds is 1. The minimum atomic E-state index is -1.19. The lowest BCUT2D eigenvalue weighted by Crippen LogP contribution is -2.58. The number of halogens is 3. The highest BCUT2D eigenvalue weighted by Crippen LogP contribution is 2.31. The lowest BCUT2D eigenvalue weighted by Gasteiger charge is -2.36. The van der Waals surface area contributed by atoms with Gasteiger partial charge in [0, 0.05) is 18.7 Å². The van der Waals surface area contributed by atoms with Crippen LogP contribution in [-0.4, -0.2) is 35.8 Å². The van der Waals surface area contributed by atoms with Crippen molar-refractivity contribution in [2.75, 3.05) is 18.0 Å². The molecule has 4 nitrogen and oxygen atoms in total. The summed E-state index contributed by atoms with van der Waals surface area (Å²) in [7, 11) is 0. The average Bonchev–Trinajstić information content (AvgIpc) is 2.83. The van der Waals surface area contributed by atoms with Crippen LogP contribution in [0.3, 0.4) is 0 Å². The third kappa shape index (κ3) is 1.85. The Morgan fingerprint density at radius 3 is 2.40 bits per heavy atom. The van der Waals surface area contributed by atoms with E-state index in [9.17, 15) is 22.8 Å². The van der Waals surface area contributed by atoms with Gasteiger partial charge in [-0.15, -0.1) is 0 Å². The summed E-state index contributed by atoms with van der Waals surface area (Å²) in [5, 5.41) is 0. The third-order valence-electron chi connectivity index (χ3n) is 3.67. The molecular formula is C13H11F3N2O2. The van der Waals surface area contributed by atoms with Gasteiger partial charge < -0.3 is 4.90 Å². The summed E-state index contributed by atoms with van der Waals surface area (Å²) in [5.41, 5.74) is -0.656. The van der Waals surface area contributed by atoms with Crippen LogP contribution in [0.15, 0.2) is 12.1 Å². The van der Waals surface area contributed by atoms with Crippen molar-refractivity contribution in [2.45, 2.75) is 18.9 Å². The van der Waals surface area contributed by atoms with E-state index in [-0.39, 0.29) is 5.91 Å². The van der Waals surface area contributed by atoms with Crippen molar-refractivity contribution in [3.8, 4) is 0 Å². The van der Waals surface area contributed by atoms with Crippen LogP contribution in [0.1, 0.15) is 12.8 Å². The van der Waals surface area contributed by atoms with Crippen molar-refractivity contribution in [1.82, 2.24) is 4.90 Å². The maximum Gasteiger partial charge on any atom is 0.250 e. The van der Waals surface area contributed by atoms with Crippen molar-refractivity contribution in [3.63, 3.8) is 0 Å². The van der Waals surface area contributed by atoms with Crippen LogP contribution in [0.2, 0.25) is 0 Å². The molecule has 1 unspecified atom stereocenters. The van der Waals surface area contributed by atoms with Gasteiger partial charge in [0.25, 0.3) is 0 Å². The summed E-state index contributed by atoms with van der Waals surface area (Å²) in [4.78, 5) is 26.4. The van der Waals surface area contributed by atoms with E-state index in [1.165, 1.54) is 4.90 Å². The molecule has 0 spiro atoms. The van der Waals surface area contributed by atoms with E-state index in [0.29, 0.717) is 31.5 Å². The molecule has 2 aliphatic rings. The molecule has 20 heavy (non-hydrogen) atoms. The Hall–Kier alpha value is -2.05. The van der Waals surface area contributed by atoms with Gasteiger partial charge in [-0.3, -0.25) is 14.5 Å². The van der Waals surface area contributed by atoms with Crippen LogP contribution in [-0.2, 0) is 9.59 Å². The first-order chi connectivity index (χ1) is 9.49. The maximum atomic E-state index is 13.7. The van der Waals surface area contributed by atoms with Crippen molar-refractivity contribution in [3.05, 3.63) is 29.6 Å². The summed E-state index contributed by atoms with van der Waals surface area (Å²) in [6.45, 7) is 0.0618. The number of fused-ring (bicyclic) bond motifs is 1. The number of hydrogen-bond donors (Lipinski definition) is 0. The molecule has 0 radical (unpaired) electrons. The van der Waals surface area contributed by atoms with Gasteiger partial charge in [0.05, 0.1) is 0 Å². The van der Waals surface area contributed by atoms with Gasteiger partial charge in [-0.25, -0.2) is 13.2 Å². The van der Waals surface area contributed by atoms with Gasteiger partial charge in [-0.2, -0.15) is 0 Å². The lowest BCUT2D eigenvalue weighted by molar-refractivity contribution is -0.140. The highest BCUT2D eigenvalue weighted by molar-refractivity contribution is 6.07. The van der Waals surface area contributed by atoms with Gasteiger partial charge in [-0.05, 0) is 12.8 Å². The summed E-state index contributed by atoms with van der Waals surface area (Å²) in [6, 6.07) is 0.328. The fourth-order valence-electron chi connectivity index (χ4n) is 2.79. The minimum absolute atomic E-state index is 0.352. The zero-order valence-corrected chi connectivity index (χ0v) is 10.4. The zero-order valence-electron chi connectivity index (χ0n) is 10.4. The normalized spacial score (nSPS) is 22.4. The van der Waals surface area contributed by atoms with E-state index < -0.39 is 41.6 Å². The van der Waals surface area contributed by atoms with Gasteiger partial charge in [0.15, 0.2) is 11.6 Å². The SMILES string of the molecule is O=C1C2CCCN2C(=O)CN1c1c(F)cc(F)cc1F. The van der Waals surface area contributed by atoms with Gasteiger partial charge in [0.2, 0.25) is 11.8 Å². The molecule has 2 aliphatic heterocycles. The molecule has 0 N–H and O–H groups in total. The Labute approximate surface area is 112 Å². The molecule has 0 bridgehead atoms. The molecule has 3 rings (SSSR count). The fraction of sp³-hybridized carbons (Fsp3) is 0.385. The van der Waals surface area contributed by atoms with Crippen LogP contribution in [0.25, 0.3) is 0 Å². The monoisotopic (exact) mass is 284 g/mol. The Morgan fingerprint density at radius 1 is 1.10 bits per heavy atom. The Morgan fingerprint density at radius 2 is 1.75 bits per heavy atom. The number of anilines is 1. The zero-order chi connectivity index (χ0) is 14.4. The summed E-state index contributed by atoms with van der Waals surface area (Å²) >= 11 is 0. The Kier molecular flexibility index (Phi) is 2.92. The second-order valence-electron chi connectivity index (χ2n) is 4.89. The van der Waals surface area contributed by atoms with E-state index in [2.05, 4.69) is 0 Å². The Bertz CT molecular complexity index is 582. The van der Waals surface area contributed by atoms with E-state index in [1.807, 2.05) is 0 Å². The minimum Gasteiger partial charge on any atom is -0.329 e. The molecule has 2 heterocycles. The highest BCUT2D eigenvalue weighted by Gasteiger charge is 2.43. The number of piperazine rings is 1. The predicted molar refractivity (Wildman–Crippen MR) is 63.4 cm³/mol. The first-order valence-electron chi connectivity index (χ1n) is 6.24. The van der Waals surface area contributed by atoms with Gasteiger partial charge >= 0.3 is 0 Å². The molecule has 0 aromatic heterocycles.